The van der Waals surface area contributed by atoms with E-state index in [-0.39, 0.29) is 46.3 Å². The molecule has 2 amide bonds. The molecule has 0 saturated carbocycles. The molecule has 7 nitrogen and oxygen atoms in total. The van der Waals surface area contributed by atoms with Crippen LogP contribution in [0.2, 0.25) is 0 Å². The maximum Gasteiger partial charge on any atom is 0.264 e. The molecule has 1 atom stereocenters. The standard InChI is InChI=1S/C14H12B2N4O3/c1-5-18-12-10(7(17)4-6(15)11(12)16)14(23)20(5)8-2-3-9(21)19-13(8)22/h4,8H,2-3,17H2,1H3,(H,19,21,22). The summed E-state index contributed by atoms with van der Waals surface area (Å²) in [6, 6.07) is 0.584. The molecule has 0 bridgehead atoms. The summed E-state index contributed by atoms with van der Waals surface area (Å²) in [7, 11) is 11.6. The van der Waals surface area contributed by atoms with Gasteiger partial charge >= 0.3 is 0 Å². The fourth-order valence-electron chi connectivity index (χ4n) is 2.85. The largest absolute Gasteiger partial charge is 0.398 e. The second-order valence-electron chi connectivity index (χ2n) is 5.49. The topological polar surface area (TPSA) is 107 Å². The first-order chi connectivity index (χ1) is 10.8. The second kappa shape index (κ2) is 5.26. The number of aromatic nitrogens is 2. The Morgan fingerprint density at radius 3 is 2.70 bits per heavy atom. The lowest BCUT2D eigenvalue weighted by Gasteiger charge is -2.25. The number of carbonyl (C=O) groups is 2. The summed E-state index contributed by atoms with van der Waals surface area (Å²) in [4.78, 5) is 40.5. The van der Waals surface area contributed by atoms with Crippen LogP contribution in [0.4, 0.5) is 5.69 Å². The average molecular weight is 306 g/mol. The number of hydrogen-bond acceptors (Lipinski definition) is 5. The summed E-state index contributed by atoms with van der Waals surface area (Å²) >= 11 is 0. The molecule has 1 aromatic heterocycles. The molecule has 1 unspecified atom stereocenters. The first kappa shape index (κ1) is 15.3. The minimum Gasteiger partial charge on any atom is -0.398 e. The Morgan fingerprint density at radius 1 is 1.35 bits per heavy atom. The van der Waals surface area contributed by atoms with Gasteiger partial charge in [-0.3, -0.25) is 24.3 Å². The molecule has 1 fully saturated rings. The normalized spacial score (nSPS) is 18.2. The average Bonchev–Trinajstić information content (AvgIpc) is 2.46. The summed E-state index contributed by atoms with van der Waals surface area (Å²) < 4.78 is 1.25. The Hall–Kier alpha value is -2.57. The summed E-state index contributed by atoms with van der Waals surface area (Å²) in [6.07, 6.45) is 0.378. The maximum atomic E-state index is 12.8. The van der Waals surface area contributed by atoms with E-state index in [1.807, 2.05) is 0 Å². The van der Waals surface area contributed by atoms with Gasteiger partial charge in [0.15, 0.2) is 0 Å². The van der Waals surface area contributed by atoms with E-state index in [9.17, 15) is 14.4 Å². The van der Waals surface area contributed by atoms with Gasteiger partial charge in [0.25, 0.3) is 5.56 Å². The molecule has 2 aromatic rings. The molecule has 0 spiro atoms. The molecular weight excluding hydrogens is 294 g/mol. The van der Waals surface area contributed by atoms with Crippen molar-refractivity contribution in [3.63, 3.8) is 0 Å². The van der Waals surface area contributed by atoms with Gasteiger partial charge in [-0.25, -0.2) is 4.98 Å². The molecule has 3 N–H and O–H groups in total. The highest BCUT2D eigenvalue weighted by Crippen LogP contribution is 2.20. The van der Waals surface area contributed by atoms with E-state index in [0.717, 1.165) is 0 Å². The summed E-state index contributed by atoms with van der Waals surface area (Å²) in [5.74, 6) is -0.592. The zero-order valence-electron chi connectivity index (χ0n) is 12.4. The van der Waals surface area contributed by atoms with Crippen LogP contribution >= 0.6 is 0 Å². The van der Waals surface area contributed by atoms with Gasteiger partial charge in [-0.05, 0) is 19.4 Å². The van der Waals surface area contributed by atoms with Crippen LogP contribution in [-0.2, 0) is 9.59 Å². The van der Waals surface area contributed by atoms with Crippen LogP contribution in [0.1, 0.15) is 24.7 Å². The number of imide groups is 1. The van der Waals surface area contributed by atoms with E-state index in [2.05, 4.69) is 10.3 Å². The first-order valence-corrected chi connectivity index (χ1v) is 7.01. The van der Waals surface area contributed by atoms with Crippen LogP contribution in [-0.4, -0.2) is 37.1 Å². The Kier molecular flexibility index (Phi) is 3.50. The number of nitrogens with two attached hydrogens (primary N) is 1. The molecule has 1 aromatic carbocycles. The third-order valence-corrected chi connectivity index (χ3v) is 3.98. The van der Waals surface area contributed by atoms with Gasteiger partial charge in [0.2, 0.25) is 11.8 Å². The zero-order chi connectivity index (χ0) is 16.9. The van der Waals surface area contributed by atoms with Gasteiger partial charge in [0, 0.05) is 12.1 Å². The summed E-state index contributed by atoms with van der Waals surface area (Å²) in [5, 5.41) is 2.34. The van der Waals surface area contributed by atoms with E-state index in [1.54, 1.807) is 6.92 Å². The lowest BCUT2D eigenvalue weighted by molar-refractivity contribution is -0.135. The number of rotatable bonds is 1. The quantitative estimate of drug-likeness (QED) is 0.355. The van der Waals surface area contributed by atoms with Crippen LogP contribution in [0.5, 0.6) is 0 Å². The van der Waals surface area contributed by atoms with Crippen molar-refractivity contribution in [2.24, 2.45) is 0 Å². The van der Waals surface area contributed by atoms with Crippen molar-refractivity contribution in [1.82, 2.24) is 14.9 Å². The number of benzene rings is 1. The number of aryl methyl sites for hydroxylation is 1. The molecular formula is C14H12B2N4O3. The van der Waals surface area contributed by atoms with Crippen LogP contribution in [0.3, 0.4) is 0 Å². The van der Waals surface area contributed by atoms with E-state index in [1.165, 1.54) is 10.6 Å². The predicted octanol–water partition coefficient (Wildman–Crippen LogP) is -2.15. The fraction of sp³-hybridized carbons (Fsp3) is 0.286. The number of nitrogen functional groups attached to an aromatic ring is 1. The Bertz CT molecular complexity index is 923. The van der Waals surface area contributed by atoms with Crippen LogP contribution < -0.4 is 27.5 Å². The number of nitrogens with zero attached hydrogens (tertiary/aromatic N) is 2. The lowest BCUT2D eigenvalue weighted by Crippen LogP contribution is -2.45. The summed E-state index contributed by atoms with van der Waals surface area (Å²) in [5.41, 5.74) is 6.18. The van der Waals surface area contributed by atoms with Gasteiger partial charge in [-0.15, -0.1) is 0 Å². The molecule has 2 heterocycles. The van der Waals surface area contributed by atoms with E-state index in [0.29, 0.717) is 5.82 Å². The van der Waals surface area contributed by atoms with Gasteiger partial charge in [-0.2, -0.15) is 0 Å². The third kappa shape index (κ3) is 2.32. The minimum absolute atomic E-state index is 0.118. The monoisotopic (exact) mass is 306 g/mol. The second-order valence-corrected chi connectivity index (χ2v) is 5.49. The number of hydrogen-bond donors (Lipinski definition) is 2. The van der Waals surface area contributed by atoms with Crippen molar-refractivity contribution >= 4 is 55.0 Å². The van der Waals surface area contributed by atoms with Crippen molar-refractivity contribution in [2.45, 2.75) is 25.8 Å². The van der Waals surface area contributed by atoms with E-state index >= 15 is 0 Å². The summed E-state index contributed by atoms with van der Waals surface area (Å²) in [6.45, 7) is 1.59. The molecule has 1 aliphatic rings. The lowest BCUT2D eigenvalue weighted by atomic mass is 9.79. The van der Waals surface area contributed by atoms with E-state index < -0.39 is 17.5 Å². The number of nitrogens with one attached hydrogen (secondary N) is 1. The fourth-order valence-corrected chi connectivity index (χ4v) is 2.85. The van der Waals surface area contributed by atoms with Gasteiger partial charge in [0.05, 0.1) is 10.9 Å². The van der Waals surface area contributed by atoms with Crippen LogP contribution in [0, 0.1) is 6.92 Å². The van der Waals surface area contributed by atoms with Crippen molar-refractivity contribution in [1.29, 1.82) is 0 Å². The Labute approximate surface area is 134 Å². The molecule has 1 saturated heterocycles. The molecule has 1 aliphatic heterocycles. The smallest absolute Gasteiger partial charge is 0.264 e. The highest BCUT2D eigenvalue weighted by atomic mass is 16.2. The number of piperidine rings is 1. The van der Waals surface area contributed by atoms with Crippen molar-refractivity contribution in [2.75, 3.05) is 5.73 Å². The van der Waals surface area contributed by atoms with Crippen LogP contribution in [0.15, 0.2) is 10.9 Å². The van der Waals surface area contributed by atoms with Crippen molar-refractivity contribution < 1.29 is 9.59 Å². The highest BCUT2D eigenvalue weighted by Gasteiger charge is 2.30. The Balaban J connectivity index is 2.30. The molecule has 4 radical (unpaired) electrons. The number of anilines is 1. The highest BCUT2D eigenvalue weighted by molar-refractivity contribution is 6.52. The third-order valence-electron chi connectivity index (χ3n) is 3.98. The van der Waals surface area contributed by atoms with Gasteiger partial charge in [0.1, 0.15) is 27.6 Å². The van der Waals surface area contributed by atoms with Crippen molar-refractivity contribution in [3.05, 3.63) is 22.2 Å². The SMILES string of the molecule is [B]c1cc(N)c2c(=O)n(C3CCC(=O)NC3=O)c(C)nc2c1[B]. The first-order valence-electron chi connectivity index (χ1n) is 7.01. The molecule has 3 rings (SSSR count). The van der Waals surface area contributed by atoms with Gasteiger partial charge in [-0.1, -0.05) is 10.9 Å². The zero-order valence-corrected chi connectivity index (χ0v) is 12.4. The number of amides is 2. The van der Waals surface area contributed by atoms with E-state index in [4.69, 9.17) is 21.4 Å². The molecule has 23 heavy (non-hydrogen) atoms. The minimum atomic E-state index is -0.810. The van der Waals surface area contributed by atoms with Crippen molar-refractivity contribution in [3.8, 4) is 0 Å². The number of carbonyl (C=O) groups excluding carboxylic acids is 2. The molecule has 9 heteroatoms. The predicted molar refractivity (Wildman–Crippen MR) is 87.3 cm³/mol. The Morgan fingerprint density at radius 2 is 2.04 bits per heavy atom. The van der Waals surface area contributed by atoms with Crippen LogP contribution in [0.25, 0.3) is 10.9 Å². The van der Waals surface area contributed by atoms with Gasteiger partial charge < -0.3 is 5.73 Å². The molecule has 0 aliphatic carbocycles. The number of fused-ring (bicyclic) bond motifs is 1. The maximum absolute atomic E-state index is 12.8. The molecule has 112 valence electrons.